The summed E-state index contributed by atoms with van der Waals surface area (Å²) in [7, 11) is 0. The third kappa shape index (κ3) is 3.16. The molecule has 2 aromatic carbocycles. The normalized spacial score (nSPS) is 18.0. The summed E-state index contributed by atoms with van der Waals surface area (Å²) < 4.78 is 0. The highest BCUT2D eigenvalue weighted by Crippen LogP contribution is 2.43. The molecule has 3 rings (SSSR count). The van der Waals surface area contributed by atoms with Gasteiger partial charge in [0.2, 0.25) is 0 Å². The molecule has 0 aromatic heterocycles. The Balaban J connectivity index is 1.91. The van der Waals surface area contributed by atoms with Gasteiger partial charge in [0.25, 0.3) is 0 Å². The molecular formula is C22H24S. The van der Waals surface area contributed by atoms with Gasteiger partial charge in [0, 0.05) is 16.6 Å². The van der Waals surface area contributed by atoms with E-state index in [9.17, 15) is 0 Å². The zero-order valence-electron chi connectivity index (χ0n) is 14.4. The van der Waals surface area contributed by atoms with E-state index in [0.717, 1.165) is 5.75 Å². The molecule has 0 bridgehead atoms. The van der Waals surface area contributed by atoms with Gasteiger partial charge >= 0.3 is 0 Å². The maximum Gasteiger partial charge on any atom is 0.0238 e. The predicted molar refractivity (Wildman–Crippen MR) is 103 cm³/mol. The highest BCUT2D eigenvalue weighted by atomic mass is 32.2. The lowest BCUT2D eigenvalue weighted by Gasteiger charge is -2.17. The van der Waals surface area contributed by atoms with E-state index in [1.165, 1.54) is 38.3 Å². The van der Waals surface area contributed by atoms with Gasteiger partial charge < -0.3 is 0 Å². The van der Waals surface area contributed by atoms with Crippen LogP contribution < -0.4 is 0 Å². The largest absolute Gasteiger partial charge is 0.121 e. The lowest BCUT2D eigenvalue weighted by Crippen LogP contribution is -2.00. The fourth-order valence-corrected chi connectivity index (χ4v) is 4.31. The predicted octanol–water partition coefficient (Wildman–Crippen LogP) is 6.74. The van der Waals surface area contributed by atoms with E-state index in [1.807, 2.05) is 11.8 Å². The minimum atomic E-state index is 0.526. The van der Waals surface area contributed by atoms with Gasteiger partial charge in [-0.25, -0.2) is 0 Å². The molecule has 1 atom stereocenters. The SMILES string of the molecule is CC1=C(C)C(C)C(c2ccccc2CSc2ccccc2)=C1C. The van der Waals surface area contributed by atoms with E-state index in [2.05, 4.69) is 82.3 Å². The summed E-state index contributed by atoms with van der Waals surface area (Å²) in [5.74, 6) is 1.54. The van der Waals surface area contributed by atoms with Gasteiger partial charge in [-0.1, -0.05) is 55.0 Å². The molecule has 1 aliphatic carbocycles. The second-order valence-electron chi connectivity index (χ2n) is 6.33. The van der Waals surface area contributed by atoms with E-state index in [4.69, 9.17) is 0 Å². The number of allylic oxidation sites excluding steroid dienone is 4. The Morgan fingerprint density at radius 1 is 0.826 bits per heavy atom. The van der Waals surface area contributed by atoms with Gasteiger partial charge in [-0.3, -0.25) is 0 Å². The molecule has 23 heavy (non-hydrogen) atoms. The van der Waals surface area contributed by atoms with Crippen molar-refractivity contribution in [3.05, 3.63) is 82.4 Å². The van der Waals surface area contributed by atoms with Gasteiger partial charge in [-0.05, 0) is 60.8 Å². The number of thioether (sulfide) groups is 1. The molecule has 0 fully saturated rings. The zero-order chi connectivity index (χ0) is 16.4. The molecule has 0 saturated heterocycles. The Bertz CT molecular complexity index is 766. The van der Waals surface area contributed by atoms with Crippen molar-refractivity contribution < 1.29 is 0 Å². The molecule has 118 valence electrons. The van der Waals surface area contributed by atoms with Crippen LogP contribution in [0.2, 0.25) is 0 Å². The monoisotopic (exact) mass is 320 g/mol. The number of rotatable bonds is 4. The Labute approximate surface area is 144 Å². The second kappa shape index (κ2) is 6.80. The van der Waals surface area contributed by atoms with E-state index >= 15 is 0 Å². The van der Waals surface area contributed by atoms with Crippen molar-refractivity contribution >= 4 is 17.3 Å². The van der Waals surface area contributed by atoms with Gasteiger partial charge in [0.05, 0.1) is 0 Å². The summed E-state index contributed by atoms with van der Waals surface area (Å²) in [6, 6.07) is 19.6. The first kappa shape index (κ1) is 16.1. The van der Waals surface area contributed by atoms with Gasteiger partial charge in [0.15, 0.2) is 0 Å². The van der Waals surface area contributed by atoms with Gasteiger partial charge in [-0.2, -0.15) is 0 Å². The highest BCUT2D eigenvalue weighted by molar-refractivity contribution is 7.98. The lowest BCUT2D eigenvalue weighted by atomic mass is 9.89. The first-order valence-corrected chi connectivity index (χ1v) is 9.22. The summed E-state index contributed by atoms with van der Waals surface area (Å²) in [6.07, 6.45) is 0. The third-order valence-electron chi connectivity index (χ3n) is 5.09. The summed E-state index contributed by atoms with van der Waals surface area (Å²) in [4.78, 5) is 1.33. The average Bonchev–Trinajstić information content (AvgIpc) is 2.78. The molecular weight excluding hydrogens is 296 g/mol. The topological polar surface area (TPSA) is 0 Å². The maximum absolute atomic E-state index is 2.34. The average molecular weight is 321 g/mol. The van der Waals surface area contributed by atoms with Crippen LogP contribution in [0.1, 0.15) is 38.8 Å². The van der Waals surface area contributed by atoms with Crippen molar-refractivity contribution in [1.82, 2.24) is 0 Å². The van der Waals surface area contributed by atoms with Crippen LogP contribution in [0.25, 0.3) is 5.57 Å². The fraction of sp³-hybridized carbons (Fsp3) is 0.273. The first-order valence-electron chi connectivity index (χ1n) is 8.24. The standard InChI is InChI=1S/C22H24S/c1-15-16(2)18(4)22(17(15)3)21-13-9-8-10-19(21)14-23-20-11-6-5-7-12-20/h5-13,17H,14H2,1-4H3. The fourth-order valence-electron chi connectivity index (χ4n) is 3.39. The molecule has 0 heterocycles. The molecule has 0 amide bonds. The minimum absolute atomic E-state index is 0.526. The van der Waals surface area contributed by atoms with E-state index in [1.54, 1.807) is 0 Å². The Hall–Kier alpha value is -1.73. The molecule has 1 unspecified atom stereocenters. The van der Waals surface area contributed by atoms with Crippen LogP contribution in [-0.4, -0.2) is 0 Å². The lowest BCUT2D eigenvalue weighted by molar-refractivity contribution is 0.893. The smallest absolute Gasteiger partial charge is 0.0238 e. The van der Waals surface area contributed by atoms with Crippen LogP contribution in [0.4, 0.5) is 0 Å². The molecule has 0 radical (unpaired) electrons. The van der Waals surface area contributed by atoms with Crippen molar-refractivity contribution in [2.24, 2.45) is 5.92 Å². The zero-order valence-corrected chi connectivity index (χ0v) is 15.2. The summed E-state index contributed by atoms with van der Waals surface area (Å²) >= 11 is 1.91. The van der Waals surface area contributed by atoms with Crippen LogP contribution in [0.5, 0.6) is 0 Å². The van der Waals surface area contributed by atoms with Gasteiger partial charge in [-0.15, -0.1) is 11.8 Å². The molecule has 0 N–H and O–H groups in total. The minimum Gasteiger partial charge on any atom is -0.121 e. The van der Waals surface area contributed by atoms with E-state index in [-0.39, 0.29) is 0 Å². The summed E-state index contributed by atoms with van der Waals surface area (Å²) in [6.45, 7) is 9.15. The van der Waals surface area contributed by atoms with E-state index in [0.29, 0.717) is 5.92 Å². The van der Waals surface area contributed by atoms with Crippen LogP contribution in [0.3, 0.4) is 0 Å². The van der Waals surface area contributed by atoms with Crippen molar-refractivity contribution in [2.75, 3.05) is 0 Å². The first-order chi connectivity index (χ1) is 11.1. The molecule has 0 spiro atoms. The number of benzene rings is 2. The van der Waals surface area contributed by atoms with Crippen molar-refractivity contribution in [3.8, 4) is 0 Å². The quantitative estimate of drug-likeness (QED) is 0.562. The van der Waals surface area contributed by atoms with Crippen LogP contribution in [-0.2, 0) is 5.75 Å². The van der Waals surface area contributed by atoms with Crippen LogP contribution >= 0.6 is 11.8 Å². The van der Waals surface area contributed by atoms with Gasteiger partial charge in [0.1, 0.15) is 0 Å². The van der Waals surface area contributed by atoms with Crippen molar-refractivity contribution in [1.29, 1.82) is 0 Å². The Kier molecular flexibility index (Phi) is 4.77. The Morgan fingerprint density at radius 2 is 1.48 bits per heavy atom. The summed E-state index contributed by atoms with van der Waals surface area (Å²) in [5.41, 5.74) is 8.83. The molecule has 0 nitrogen and oxygen atoms in total. The molecule has 1 aliphatic rings. The second-order valence-corrected chi connectivity index (χ2v) is 7.38. The van der Waals surface area contributed by atoms with Crippen molar-refractivity contribution in [3.63, 3.8) is 0 Å². The maximum atomic E-state index is 2.34. The van der Waals surface area contributed by atoms with Crippen LogP contribution in [0, 0.1) is 5.92 Å². The summed E-state index contributed by atoms with van der Waals surface area (Å²) in [5, 5.41) is 0. The number of hydrogen-bond donors (Lipinski definition) is 0. The van der Waals surface area contributed by atoms with Crippen LogP contribution in [0.15, 0.2) is 76.2 Å². The third-order valence-corrected chi connectivity index (χ3v) is 6.15. The Morgan fingerprint density at radius 3 is 2.13 bits per heavy atom. The number of hydrogen-bond acceptors (Lipinski definition) is 1. The molecule has 1 heteroatoms. The van der Waals surface area contributed by atoms with Crippen molar-refractivity contribution in [2.45, 2.75) is 38.3 Å². The molecule has 0 aliphatic heterocycles. The van der Waals surface area contributed by atoms with E-state index < -0.39 is 0 Å². The molecule has 0 saturated carbocycles. The molecule has 2 aromatic rings. The highest BCUT2D eigenvalue weighted by Gasteiger charge is 2.25.